The second kappa shape index (κ2) is 5.97. The zero-order valence-corrected chi connectivity index (χ0v) is 11.1. The number of carboxylic acids is 1. The molecule has 0 saturated heterocycles. The fourth-order valence-electron chi connectivity index (χ4n) is 1.66. The Morgan fingerprint density at radius 1 is 1.56 bits per heavy atom. The van der Waals surface area contributed by atoms with E-state index < -0.39 is 11.6 Å². The first kappa shape index (κ1) is 14.7. The lowest BCUT2D eigenvalue weighted by Crippen LogP contribution is -2.45. The molecule has 0 aliphatic carbocycles. The predicted molar refractivity (Wildman–Crippen MR) is 67.4 cm³/mol. The molecule has 0 fully saturated rings. The molecule has 0 aliphatic rings. The van der Waals surface area contributed by atoms with Crippen LogP contribution in [0.3, 0.4) is 0 Å². The van der Waals surface area contributed by atoms with Crippen molar-refractivity contribution >= 4 is 5.97 Å². The van der Waals surface area contributed by atoms with Crippen molar-refractivity contribution in [2.45, 2.75) is 39.3 Å². The molecule has 0 bridgehead atoms. The van der Waals surface area contributed by atoms with Crippen LogP contribution >= 0.6 is 0 Å². The van der Waals surface area contributed by atoms with Crippen molar-refractivity contribution in [3.05, 3.63) is 17.5 Å². The molecule has 0 saturated carbocycles. The van der Waals surface area contributed by atoms with Crippen molar-refractivity contribution < 1.29 is 15.0 Å². The third-order valence-electron chi connectivity index (χ3n) is 2.76. The summed E-state index contributed by atoms with van der Waals surface area (Å²) in [5.74, 6) is -1.21. The Kier molecular flexibility index (Phi) is 4.86. The zero-order valence-electron chi connectivity index (χ0n) is 11.1. The van der Waals surface area contributed by atoms with Crippen molar-refractivity contribution in [1.82, 2.24) is 15.1 Å². The van der Waals surface area contributed by atoms with Gasteiger partial charge in [-0.25, -0.2) is 4.79 Å². The molecular formula is C12H21N3O3. The molecule has 1 aromatic rings. The Morgan fingerprint density at radius 2 is 2.22 bits per heavy atom. The van der Waals surface area contributed by atoms with Gasteiger partial charge in [0.2, 0.25) is 0 Å². The van der Waals surface area contributed by atoms with Crippen LogP contribution in [-0.4, -0.2) is 44.7 Å². The van der Waals surface area contributed by atoms with E-state index >= 15 is 0 Å². The van der Waals surface area contributed by atoms with Gasteiger partial charge in [-0.1, -0.05) is 0 Å². The van der Waals surface area contributed by atoms with Crippen molar-refractivity contribution in [3.8, 4) is 0 Å². The molecule has 0 aliphatic heterocycles. The molecule has 1 aromatic heterocycles. The molecule has 0 spiro atoms. The molecule has 1 atom stereocenters. The van der Waals surface area contributed by atoms with Gasteiger partial charge in [0, 0.05) is 18.8 Å². The van der Waals surface area contributed by atoms with Gasteiger partial charge >= 0.3 is 5.97 Å². The van der Waals surface area contributed by atoms with Gasteiger partial charge in [0.05, 0.1) is 5.69 Å². The monoisotopic (exact) mass is 255 g/mol. The van der Waals surface area contributed by atoms with Crippen LogP contribution in [0.15, 0.2) is 6.07 Å². The van der Waals surface area contributed by atoms with E-state index in [9.17, 15) is 9.90 Å². The van der Waals surface area contributed by atoms with Crippen LogP contribution in [0.25, 0.3) is 0 Å². The number of hydrogen-bond donors (Lipinski definition) is 3. The van der Waals surface area contributed by atoms with Crippen LogP contribution in [0.4, 0.5) is 0 Å². The van der Waals surface area contributed by atoms with E-state index in [1.54, 1.807) is 0 Å². The number of carboxylic acid groups (broad SMARTS) is 1. The molecule has 0 aromatic carbocycles. The maximum atomic E-state index is 10.6. The minimum Gasteiger partial charge on any atom is -0.479 e. The smallest absolute Gasteiger partial charge is 0.336 e. The molecule has 6 nitrogen and oxygen atoms in total. The third-order valence-corrected chi connectivity index (χ3v) is 2.76. The summed E-state index contributed by atoms with van der Waals surface area (Å²) in [5.41, 5.74) is 0.400. The highest BCUT2D eigenvalue weighted by molar-refractivity contribution is 5.76. The highest BCUT2D eigenvalue weighted by Gasteiger charge is 2.28. The number of nitrogens with zero attached hydrogens (tertiary/aromatic N) is 2. The molecule has 6 heteroatoms. The zero-order chi connectivity index (χ0) is 13.8. The van der Waals surface area contributed by atoms with E-state index in [4.69, 9.17) is 5.11 Å². The van der Waals surface area contributed by atoms with E-state index in [-0.39, 0.29) is 6.54 Å². The molecular weight excluding hydrogens is 234 g/mol. The highest BCUT2D eigenvalue weighted by atomic mass is 16.4. The van der Waals surface area contributed by atoms with Crippen molar-refractivity contribution in [3.63, 3.8) is 0 Å². The minimum absolute atomic E-state index is 0.0411. The largest absolute Gasteiger partial charge is 0.479 e. The van der Waals surface area contributed by atoms with E-state index in [0.717, 1.165) is 24.4 Å². The number of aliphatic hydroxyl groups is 1. The molecule has 0 amide bonds. The lowest BCUT2D eigenvalue weighted by molar-refractivity contribution is -0.156. The quantitative estimate of drug-likeness (QED) is 0.611. The summed E-state index contributed by atoms with van der Waals surface area (Å²) >= 11 is 0. The SMILES string of the molecule is Cc1cc(C)n(CCCNCC(C)(O)C(=O)O)n1. The van der Waals surface area contributed by atoms with E-state index in [2.05, 4.69) is 10.4 Å². The van der Waals surface area contributed by atoms with Crippen molar-refractivity contribution in [2.75, 3.05) is 13.1 Å². The van der Waals surface area contributed by atoms with Crippen LogP contribution in [0, 0.1) is 13.8 Å². The summed E-state index contributed by atoms with van der Waals surface area (Å²) in [6.45, 7) is 6.70. The Morgan fingerprint density at radius 3 is 2.72 bits per heavy atom. The van der Waals surface area contributed by atoms with E-state index in [1.165, 1.54) is 6.92 Å². The van der Waals surface area contributed by atoms with Gasteiger partial charge in [-0.05, 0) is 39.8 Å². The summed E-state index contributed by atoms with van der Waals surface area (Å²) in [4.78, 5) is 10.6. The molecule has 18 heavy (non-hydrogen) atoms. The van der Waals surface area contributed by atoms with Gasteiger partial charge in [0.15, 0.2) is 5.60 Å². The maximum Gasteiger partial charge on any atom is 0.336 e. The summed E-state index contributed by atoms with van der Waals surface area (Å²) in [5, 5.41) is 25.4. The minimum atomic E-state index is -1.71. The normalized spacial score (nSPS) is 14.4. The number of hydrogen-bond acceptors (Lipinski definition) is 4. The highest BCUT2D eigenvalue weighted by Crippen LogP contribution is 2.03. The molecule has 102 valence electrons. The summed E-state index contributed by atoms with van der Waals surface area (Å²) in [7, 11) is 0. The van der Waals surface area contributed by atoms with E-state index in [0.29, 0.717) is 6.54 Å². The van der Waals surface area contributed by atoms with Gasteiger partial charge in [0.25, 0.3) is 0 Å². The van der Waals surface area contributed by atoms with E-state index in [1.807, 2.05) is 24.6 Å². The first-order valence-corrected chi connectivity index (χ1v) is 6.00. The van der Waals surface area contributed by atoms with Gasteiger partial charge in [-0.2, -0.15) is 5.10 Å². The van der Waals surface area contributed by atoms with Crippen LogP contribution < -0.4 is 5.32 Å². The first-order chi connectivity index (χ1) is 8.33. The Labute approximate surface area is 107 Å². The van der Waals surface area contributed by atoms with Crippen molar-refractivity contribution in [1.29, 1.82) is 0 Å². The Balaban J connectivity index is 2.24. The second-order valence-electron chi connectivity index (χ2n) is 4.76. The number of aryl methyl sites for hydroxylation is 3. The summed E-state index contributed by atoms with van der Waals surface area (Å²) < 4.78 is 1.92. The lowest BCUT2D eigenvalue weighted by Gasteiger charge is -2.18. The van der Waals surface area contributed by atoms with Crippen molar-refractivity contribution in [2.24, 2.45) is 0 Å². The Bertz CT molecular complexity index is 413. The van der Waals surface area contributed by atoms with Gasteiger partial charge in [-0.3, -0.25) is 4.68 Å². The van der Waals surface area contributed by atoms with Gasteiger partial charge in [0.1, 0.15) is 0 Å². The molecule has 1 unspecified atom stereocenters. The first-order valence-electron chi connectivity index (χ1n) is 6.00. The van der Waals surface area contributed by atoms with Crippen LogP contribution in [-0.2, 0) is 11.3 Å². The summed E-state index contributed by atoms with van der Waals surface area (Å²) in [6.07, 6.45) is 0.831. The van der Waals surface area contributed by atoms with Gasteiger partial charge < -0.3 is 15.5 Å². The standard InChI is InChI=1S/C12H21N3O3/c1-9-7-10(2)15(14-9)6-4-5-13-8-12(3,18)11(16)17/h7,13,18H,4-6,8H2,1-3H3,(H,16,17). The summed E-state index contributed by atoms with van der Waals surface area (Å²) in [6, 6.07) is 2.02. The Hall–Kier alpha value is -1.40. The van der Waals surface area contributed by atoms with Crippen LogP contribution in [0.5, 0.6) is 0 Å². The van der Waals surface area contributed by atoms with Gasteiger partial charge in [-0.15, -0.1) is 0 Å². The fourth-order valence-corrected chi connectivity index (χ4v) is 1.66. The lowest BCUT2D eigenvalue weighted by atomic mass is 10.1. The number of rotatable bonds is 7. The number of aliphatic carboxylic acids is 1. The second-order valence-corrected chi connectivity index (χ2v) is 4.76. The average molecular weight is 255 g/mol. The number of aromatic nitrogens is 2. The maximum absolute atomic E-state index is 10.6. The predicted octanol–water partition coefficient (Wildman–Crippen LogP) is 0.315. The molecule has 0 radical (unpaired) electrons. The fraction of sp³-hybridized carbons (Fsp3) is 0.667. The van der Waals surface area contributed by atoms with Crippen LogP contribution in [0.2, 0.25) is 0 Å². The topological polar surface area (TPSA) is 87.4 Å². The third kappa shape index (κ3) is 4.12. The average Bonchev–Trinajstić information content (AvgIpc) is 2.56. The molecule has 1 rings (SSSR count). The number of nitrogens with one attached hydrogen (secondary N) is 1. The molecule has 3 N–H and O–H groups in total. The molecule has 1 heterocycles. The number of carbonyl (C=O) groups is 1. The van der Waals surface area contributed by atoms with Crippen LogP contribution in [0.1, 0.15) is 24.7 Å².